The summed E-state index contributed by atoms with van der Waals surface area (Å²) in [6.07, 6.45) is 8.77. The molecule has 0 saturated heterocycles. The molecule has 1 fully saturated rings. The Morgan fingerprint density at radius 3 is 2.72 bits per heavy atom. The highest BCUT2D eigenvalue weighted by Crippen LogP contribution is 2.37. The van der Waals surface area contributed by atoms with Crippen molar-refractivity contribution in [2.75, 3.05) is 7.05 Å². The van der Waals surface area contributed by atoms with E-state index in [1.54, 1.807) is 0 Å². The van der Waals surface area contributed by atoms with Gasteiger partial charge in [0, 0.05) is 17.0 Å². The largest absolute Gasteiger partial charge is 0.464 e. The lowest BCUT2D eigenvalue weighted by molar-refractivity contribution is 0.281. The van der Waals surface area contributed by atoms with Gasteiger partial charge in [0.2, 0.25) is 0 Å². The van der Waals surface area contributed by atoms with E-state index in [4.69, 9.17) is 4.42 Å². The van der Waals surface area contributed by atoms with Gasteiger partial charge in [-0.15, -0.1) is 0 Å². The van der Waals surface area contributed by atoms with Crippen LogP contribution in [0.3, 0.4) is 0 Å². The Hall–Kier alpha value is -1.28. The number of rotatable bonds is 3. The van der Waals surface area contributed by atoms with E-state index in [9.17, 15) is 0 Å². The quantitative estimate of drug-likeness (QED) is 0.870. The van der Waals surface area contributed by atoms with E-state index in [-0.39, 0.29) is 0 Å². The molecule has 0 amide bonds. The fourth-order valence-corrected chi connectivity index (χ4v) is 3.35. The first-order chi connectivity index (χ1) is 8.90. The van der Waals surface area contributed by atoms with Crippen LogP contribution in [-0.2, 0) is 0 Å². The van der Waals surface area contributed by atoms with Gasteiger partial charge in [-0.05, 0) is 31.9 Å². The summed E-state index contributed by atoms with van der Waals surface area (Å²) in [5.41, 5.74) is 2.34. The predicted octanol–water partition coefficient (Wildman–Crippen LogP) is 4.27. The molecule has 1 saturated carbocycles. The summed E-state index contributed by atoms with van der Waals surface area (Å²) in [5, 5.41) is 4.77. The third-order valence-corrected chi connectivity index (χ3v) is 4.28. The molecule has 0 bridgehead atoms. The normalized spacial score (nSPS) is 19.2. The Bertz CT molecular complexity index is 511. The van der Waals surface area contributed by atoms with Gasteiger partial charge in [0.1, 0.15) is 5.58 Å². The maximum atomic E-state index is 5.68. The zero-order chi connectivity index (χ0) is 12.4. The summed E-state index contributed by atoms with van der Waals surface area (Å²) in [6, 6.07) is 8.78. The van der Waals surface area contributed by atoms with Crippen LogP contribution in [0.4, 0.5) is 0 Å². The number of hydrogen-bond donors (Lipinski definition) is 1. The molecule has 0 spiro atoms. The molecular formula is C16H21NO. The Morgan fingerprint density at radius 2 is 1.94 bits per heavy atom. The number of furan rings is 1. The molecule has 1 aromatic heterocycles. The first-order valence-corrected chi connectivity index (χ1v) is 7.03. The number of para-hydroxylation sites is 1. The summed E-state index contributed by atoms with van der Waals surface area (Å²) >= 11 is 0. The maximum absolute atomic E-state index is 5.68. The van der Waals surface area contributed by atoms with Crippen molar-refractivity contribution in [2.45, 2.75) is 38.1 Å². The van der Waals surface area contributed by atoms with Crippen molar-refractivity contribution in [1.82, 2.24) is 5.32 Å². The van der Waals surface area contributed by atoms with Crippen LogP contribution in [0.25, 0.3) is 11.0 Å². The summed E-state index contributed by atoms with van der Waals surface area (Å²) < 4.78 is 5.68. The van der Waals surface area contributed by atoms with Gasteiger partial charge >= 0.3 is 0 Å². The fraction of sp³-hybridized carbons (Fsp3) is 0.500. The van der Waals surface area contributed by atoms with Crippen LogP contribution in [0.1, 0.15) is 43.7 Å². The van der Waals surface area contributed by atoms with Crippen molar-refractivity contribution in [2.24, 2.45) is 5.92 Å². The topological polar surface area (TPSA) is 25.2 Å². The minimum Gasteiger partial charge on any atom is -0.464 e. The number of benzene rings is 1. The minimum atomic E-state index is 0.439. The zero-order valence-electron chi connectivity index (χ0n) is 11.0. The highest BCUT2D eigenvalue weighted by Gasteiger charge is 2.26. The Labute approximate surface area is 108 Å². The van der Waals surface area contributed by atoms with E-state index >= 15 is 0 Å². The minimum absolute atomic E-state index is 0.439. The highest BCUT2D eigenvalue weighted by atomic mass is 16.3. The van der Waals surface area contributed by atoms with Crippen molar-refractivity contribution in [3.8, 4) is 0 Å². The molecule has 0 aliphatic heterocycles. The molecule has 1 aliphatic rings. The third-order valence-electron chi connectivity index (χ3n) is 4.28. The lowest BCUT2D eigenvalue weighted by atomic mass is 9.81. The monoisotopic (exact) mass is 243 g/mol. The standard InChI is InChI=1S/C16H21NO/c1-17-16(12-7-3-2-4-8-12)14-11-18-15-10-6-5-9-13(14)15/h5-6,9-12,16-17H,2-4,7-8H2,1H3. The second-order valence-corrected chi connectivity index (χ2v) is 5.35. The lowest BCUT2D eigenvalue weighted by Gasteiger charge is -2.29. The first-order valence-electron chi connectivity index (χ1n) is 7.03. The van der Waals surface area contributed by atoms with Crippen LogP contribution in [0.15, 0.2) is 34.9 Å². The Morgan fingerprint density at radius 1 is 1.17 bits per heavy atom. The Kier molecular flexibility index (Phi) is 3.37. The van der Waals surface area contributed by atoms with Crippen LogP contribution in [0.2, 0.25) is 0 Å². The van der Waals surface area contributed by atoms with Crippen LogP contribution >= 0.6 is 0 Å². The van der Waals surface area contributed by atoms with Gasteiger partial charge in [0.05, 0.1) is 6.26 Å². The van der Waals surface area contributed by atoms with E-state index in [0.717, 1.165) is 11.5 Å². The van der Waals surface area contributed by atoms with E-state index in [1.807, 2.05) is 18.4 Å². The predicted molar refractivity (Wildman–Crippen MR) is 74.6 cm³/mol. The second kappa shape index (κ2) is 5.15. The van der Waals surface area contributed by atoms with Crippen LogP contribution in [0.5, 0.6) is 0 Å². The summed E-state index contributed by atoms with van der Waals surface area (Å²) in [7, 11) is 2.07. The summed E-state index contributed by atoms with van der Waals surface area (Å²) in [5.74, 6) is 0.754. The van der Waals surface area contributed by atoms with Crippen LogP contribution in [0, 0.1) is 5.92 Å². The third kappa shape index (κ3) is 2.05. The summed E-state index contributed by atoms with van der Waals surface area (Å²) in [4.78, 5) is 0. The first kappa shape index (κ1) is 11.8. The SMILES string of the molecule is CNC(c1coc2ccccc12)C1CCCCC1. The number of hydrogen-bond acceptors (Lipinski definition) is 2. The average Bonchev–Trinajstić information content (AvgIpc) is 2.85. The fourth-order valence-electron chi connectivity index (χ4n) is 3.35. The van der Waals surface area contributed by atoms with Crippen molar-refractivity contribution >= 4 is 11.0 Å². The molecule has 1 heterocycles. The van der Waals surface area contributed by atoms with Crippen molar-refractivity contribution in [1.29, 1.82) is 0 Å². The van der Waals surface area contributed by atoms with Crippen LogP contribution in [-0.4, -0.2) is 7.05 Å². The van der Waals surface area contributed by atoms with Gasteiger partial charge in [-0.2, -0.15) is 0 Å². The van der Waals surface area contributed by atoms with Gasteiger partial charge < -0.3 is 9.73 Å². The Balaban J connectivity index is 1.95. The average molecular weight is 243 g/mol. The molecule has 2 nitrogen and oxygen atoms in total. The highest BCUT2D eigenvalue weighted by molar-refractivity contribution is 5.81. The molecule has 3 rings (SSSR count). The van der Waals surface area contributed by atoms with Gasteiger partial charge in [-0.1, -0.05) is 37.5 Å². The molecule has 96 valence electrons. The number of fused-ring (bicyclic) bond motifs is 1. The molecule has 2 aromatic rings. The van der Waals surface area contributed by atoms with E-state index in [0.29, 0.717) is 6.04 Å². The maximum Gasteiger partial charge on any atom is 0.134 e. The molecule has 0 radical (unpaired) electrons. The van der Waals surface area contributed by atoms with Gasteiger partial charge in [0.15, 0.2) is 0 Å². The number of nitrogens with one attached hydrogen (secondary N) is 1. The van der Waals surface area contributed by atoms with Crippen molar-refractivity contribution in [3.63, 3.8) is 0 Å². The van der Waals surface area contributed by atoms with Crippen LogP contribution < -0.4 is 5.32 Å². The smallest absolute Gasteiger partial charge is 0.134 e. The molecule has 1 unspecified atom stereocenters. The van der Waals surface area contributed by atoms with Gasteiger partial charge in [0.25, 0.3) is 0 Å². The van der Waals surface area contributed by atoms with Gasteiger partial charge in [-0.3, -0.25) is 0 Å². The van der Waals surface area contributed by atoms with Crippen molar-refractivity contribution < 1.29 is 4.42 Å². The molecule has 18 heavy (non-hydrogen) atoms. The van der Waals surface area contributed by atoms with E-state index < -0.39 is 0 Å². The molecule has 1 atom stereocenters. The van der Waals surface area contributed by atoms with Crippen molar-refractivity contribution in [3.05, 3.63) is 36.1 Å². The zero-order valence-corrected chi connectivity index (χ0v) is 11.0. The summed E-state index contributed by atoms with van der Waals surface area (Å²) in [6.45, 7) is 0. The molecule has 1 N–H and O–H groups in total. The molecule has 2 heteroatoms. The lowest BCUT2D eigenvalue weighted by Crippen LogP contribution is -2.26. The van der Waals surface area contributed by atoms with E-state index in [1.165, 1.54) is 43.1 Å². The molecule has 1 aliphatic carbocycles. The molecule has 1 aromatic carbocycles. The second-order valence-electron chi connectivity index (χ2n) is 5.35. The van der Waals surface area contributed by atoms with E-state index in [2.05, 4.69) is 24.5 Å². The molecular weight excluding hydrogens is 222 g/mol. The van der Waals surface area contributed by atoms with Gasteiger partial charge in [-0.25, -0.2) is 0 Å².